The van der Waals surface area contributed by atoms with Crippen molar-refractivity contribution in [2.75, 3.05) is 0 Å². The zero-order chi connectivity index (χ0) is 8.65. The molecule has 0 fully saturated rings. The van der Waals surface area contributed by atoms with Crippen LogP contribution in [0, 0.1) is 0 Å². The maximum atomic E-state index is 9.09. The van der Waals surface area contributed by atoms with Gasteiger partial charge in [-0.3, -0.25) is 0 Å². The molecule has 1 N–H and O–H groups in total. The lowest BCUT2D eigenvalue weighted by atomic mass is 10.1. The van der Waals surface area contributed by atoms with Crippen LogP contribution >= 0.6 is 11.6 Å². The summed E-state index contributed by atoms with van der Waals surface area (Å²) in [5.74, 6) is 0.0293. The van der Waals surface area contributed by atoms with Crippen molar-refractivity contribution in [2.45, 2.75) is 26.3 Å². The first-order valence-electron chi connectivity index (χ1n) is 3.36. The van der Waals surface area contributed by atoms with Crippen LogP contribution in [0.15, 0.2) is 6.20 Å². The number of rotatable bonds is 0. The summed E-state index contributed by atoms with van der Waals surface area (Å²) in [7, 11) is 0. The maximum Gasteiger partial charge on any atom is 0.173 e. The number of aromatic nitrogens is 2. The van der Waals surface area contributed by atoms with E-state index in [-0.39, 0.29) is 16.4 Å². The van der Waals surface area contributed by atoms with Crippen LogP contribution in [0.4, 0.5) is 0 Å². The molecule has 1 aromatic rings. The Labute approximate surface area is 70.6 Å². The number of hydrogen-bond donors (Lipinski definition) is 1. The zero-order valence-corrected chi connectivity index (χ0v) is 7.55. The molecular formula is C7H11ClN2O. The Kier molecular flexibility index (Phi) is 1.84. The second-order valence-electron chi connectivity index (χ2n) is 3.40. The molecule has 1 aromatic heterocycles. The van der Waals surface area contributed by atoms with Gasteiger partial charge in [0.15, 0.2) is 10.9 Å². The average molecular weight is 175 g/mol. The van der Waals surface area contributed by atoms with E-state index in [9.17, 15) is 0 Å². The van der Waals surface area contributed by atoms with Crippen LogP contribution in [-0.2, 0) is 5.54 Å². The highest BCUT2D eigenvalue weighted by Gasteiger charge is 2.18. The van der Waals surface area contributed by atoms with Crippen LogP contribution in [0.25, 0.3) is 0 Å². The number of hydrogen-bond acceptors (Lipinski definition) is 2. The van der Waals surface area contributed by atoms with Gasteiger partial charge in [0, 0.05) is 0 Å². The van der Waals surface area contributed by atoms with Gasteiger partial charge in [-0.05, 0) is 20.8 Å². The second-order valence-corrected chi connectivity index (χ2v) is 3.76. The van der Waals surface area contributed by atoms with E-state index in [1.807, 2.05) is 20.8 Å². The minimum Gasteiger partial charge on any atom is -0.504 e. The molecule has 1 heterocycles. The highest BCUT2D eigenvalue weighted by atomic mass is 35.5. The third kappa shape index (κ3) is 1.48. The molecule has 11 heavy (non-hydrogen) atoms. The minimum atomic E-state index is -0.182. The third-order valence-electron chi connectivity index (χ3n) is 1.33. The summed E-state index contributed by atoms with van der Waals surface area (Å²) < 4.78 is 1.57. The van der Waals surface area contributed by atoms with Crippen LogP contribution in [0.5, 0.6) is 5.75 Å². The van der Waals surface area contributed by atoms with Crippen molar-refractivity contribution in [2.24, 2.45) is 0 Å². The van der Waals surface area contributed by atoms with E-state index in [1.165, 1.54) is 6.20 Å². The van der Waals surface area contributed by atoms with Gasteiger partial charge in [0.1, 0.15) is 0 Å². The van der Waals surface area contributed by atoms with Gasteiger partial charge in [-0.15, -0.1) is 0 Å². The molecule has 0 saturated heterocycles. The lowest BCUT2D eigenvalue weighted by Gasteiger charge is -2.19. The normalized spacial score (nSPS) is 12.0. The Bertz CT molecular complexity index is 262. The monoisotopic (exact) mass is 174 g/mol. The molecule has 0 aliphatic rings. The summed E-state index contributed by atoms with van der Waals surface area (Å²) in [6, 6.07) is 0. The Morgan fingerprint density at radius 1 is 1.55 bits per heavy atom. The number of nitrogens with zero attached hydrogens (tertiary/aromatic N) is 2. The van der Waals surface area contributed by atoms with E-state index >= 15 is 0 Å². The van der Waals surface area contributed by atoms with Crippen molar-refractivity contribution < 1.29 is 5.11 Å². The summed E-state index contributed by atoms with van der Waals surface area (Å²) in [5, 5.41) is 13.3. The first-order chi connectivity index (χ1) is 4.93. The smallest absolute Gasteiger partial charge is 0.173 e. The Morgan fingerprint density at radius 2 is 2.09 bits per heavy atom. The van der Waals surface area contributed by atoms with Gasteiger partial charge in [0.05, 0.1) is 11.7 Å². The number of halogens is 1. The highest BCUT2D eigenvalue weighted by Crippen LogP contribution is 2.27. The molecular weight excluding hydrogens is 164 g/mol. The molecule has 0 spiro atoms. The van der Waals surface area contributed by atoms with E-state index in [2.05, 4.69) is 5.10 Å². The van der Waals surface area contributed by atoms with Gasteiger partial charge in [-0.2, -0.15) is 5.10 Å². The van der Waals surface area contributed by atoms with Gasteiger partial charge >= 0.3 is 0 Å². The van der Waals surface area contributed by atoms with Crippen LogP contribution in [-0.4, -0.2) is 14.9 Å². The first kappa shape index (κ1) is 8.40. The Balaban J connectivity index is 3.15. The SMILES string of the molecule is CC(C)(C)n1ncc(O)c1Cl. The predicted octanol–water partition coefficient (Wildman–Crippen LogP) is 2.00. The molecule has 0 unspecified atom stereocenters. The fourth-order valence-corrected chi connectivity index (χ4v) is 1.14. The molecule has 0 bridgehead atoms. The van der Waals surface area contributed by atoms with Crippen LogP contribution < -0.4 is 0 Å². The Morgan fingerprint density at radius 3 is 2.27 bits per heavy atom. The summed E-state index contributed by atoms with van der Waals surface area (Å²) in [6.45, 7) is 5.89. The van der Waals surface area contributed by atoms with Crippen LogP contribution in [0.3, 0.4) is 0 Å². The lowest BCUT2D eigenvalue weighted by Crippen LogP contribution is -2.22. The molecule has 0 radical (unpaired) electrons. The van der Waals surface area contributed by atoms with Crippen molar-refractivity contribution in [3.63, 3.8) is 0 Å². The van der Waals surface area contributed by atoms with E-state index in [0.717, 1.165) is 0 Å². The topological polar surface area (TPSA) is 38.0 Å². The van der Waals surface area contributed by atoms with E-state index in [1.54, 1.807) is 4.68 Å². The van der Waals surface area contributed by atoms with Crippen LogP contribution in [0.1, 0.15) is 20.8 Å². The van der Waals surface area contributed by atoms with E-state index in [0.29, 0.717) is 0 Å². The quantitative estimate of drug-likeness (QED) is 0.654. The first-order valence-corrected chi connectivity index (χ1v) is 3.73. The van der Waals surface area contributed by atoms with Crippen molar-refractivity contribution in [3.05, 3.63) is 11.3 Å². The second kappa shape index (κ2) is 2.41. The molecule has 1 rings (SSSR count). The molecule has 0 aliphatic heterocycles. The molecule has 0 aliphatic carbocycles. The molecule has 0 amide bonds. The largest absolute Gasteiger partial charge is 0.504 e. The van der Waals surface area contributed by atoms with Gasteiger partial charge in [0.2, 0.25) is 0 Å². The molecule has 0 saturated carbocycles. The van der Waals surface area contributed by atoms with Crippen molar-refractivity contribution in [3.8, 4) is 5.75 Å². The summed E-state index contributed by atoms with van der Waals surface area (Å²) in [4.78, 5) is 0. The fourth-order valence-electron chi connectivity index (χ4n) is 0.793. The molecule has 3 nitrogen and oxygen atoms in total. The predicted molar refractivity (Wildman–Crippen MR) is 43.9 cm³/mol. The standard InChI is InChI=1S/C7H11ClN2O/c1-7(2,3)10-6(8)5(11)4-9-10/h4,11H,1-3H3. The molecule has 4 heteroatoms. The van der Waals surface area contributed by atoms with E-state index in [4.69, 9.17) is 16.7 Å². The minimum absolute atomic E-state index is 0.0293. The van der Waals surface area contributed by atoms with Crippen LogP contribution in [0.2, 0.25) is 5.15 Å². The van der Waals surface area contributed by atoms with Crippen molar-refractivity contribution in [1.29, 1.82) is 0 Å². The molecule has 62 valence electrons. The zero-order valence-electron chi connectivity index (χ0n) is 6.80. The fraction of sp³-hybridized carbons (Fsp3) is 0.571. The summed E-state index contributed by atoms with van der Waals surface area (Å²) >= 11 is 5.74. The summed E-state index contributed by atoms with van der Waals surface area (Å²) in [6.07, 6.45) is 1.34. The van der Waals surface area contributed by atoms with Crippen molar-refractivity contribution >= 4 is 11.6 Å². The third-order valence-corrected chi connectivity index (χ3v) is 1.68. The Hall–Kier alpha value is -0.700. The number of aromatic hydroxyl groups is 1. The summed E-state index contributed by atoms with van der Waals surface area (Å²) in [5.41, 5.74) is -0.182. The van der Waals surface area contributed by atoms with Crippen molar-refractivity contribution in [1.82, 2.24) is 9.78 Å². The van der Waals surface area contributed by atoms with Gasteiger partial charge in [-0.25, -0.2) is 4.68 Å². The van der Waals surface area contributed by atoms with Gasteiger partial charge in [0.25, 0.3) is 0 Å². The maximum absolute atomic E-state index is 9.09. The van der Waals surface area contributed by atoms with Gasteiger partial charge < -0.3 is 5.11 Å². The lowest BCUT2D eigenvalue weighted by molar-refractivity contribution is 0.354. The van der Waals surface area contributed by atoms with E-state index < -0.39 is 0 Å². The van der Waals surface area contributed by atoms with Gasteiger partial charge in [-0.1, -0.05) is 11.6 Å². The molecule has 0 atom stereocenters. The highest BCUT2D eigenvalue weighted by molar-refractivity contribution is 6.31. The average Bonchev–Trinajstić information content (AvgIpc) is 2.11. The molecule has 0 aromatic carbocycles.